The molecule has 1 unspecified atom stereocenters. The van der Waals surface area contributed by atoms with Gasteiger partial charge in [-0.1, -0.05) is 42.1 Å². The number of nitrogens with zero attached hydrogens (tertiary/aromatic N) is 6. The summed E-state index contributed by atoms with van der Waals surface area (Å²) in [5, 5.41) is 28.3. The van der Waals surface area contributed by atoms with Gasteiger partial charge in [0.05, 0.1) is 0 Å². The number of rotatable bonds is 10. The van der Waals surface area contributed by atoms with Crippen molar-refractivity contribution in [1.82, 2.24) is 45.5 Å². The third kappa shape index (κ3) is 5.84. The van der Waals surface area contributed by atoms with Gasteiger partial charge in [0, 0.05) is 30.7 Å². The van der Waals surface area contributed by atoms with Crippen LogP contribution in [0.15, 0.2) is 68.5 Å². The number of hydrogen-bond donors (Lipinski definition) is 4. The summed E-state index contributed by atoms with van der Waals surface area (Å²) in [6.07, 6.45) is 0. The number of hydrogen-bond acceptors (Lipinski definition) is 11. The number of nitrogens with one attached hydrogen (secondary N) is 3. The molecule has 0 aliphatic carbocycles. The molecule has 2 aliphatic rings. The van der Waals surface area contributed by atoms with Crippen molar-refractivity contribution in [3.05, 3.63) is 80.0 Å². The van der Waals surface area contributed by atoms with Gasteiger partial charge in [-0.25, -0.2) is 14.2 Å². The Morgan fingerprint density at radius 3 is 2.62 bits per heavy atom. The Bertz CT molecular complexity index is 1700. The minimum absolute atomic E-state index is 0.146. The molecule has 1 fully saturated rings. The van der Waals surface area contributed by atoms with E-state index in [4.69, 9.17) is 0 Å². The monoisotopic (exact) mass is 613 g/mol. The third-order valence-electron chi connectivity index (χ3n) is 6.39. The summed E-state index contributed by atoms with van der Waals surface area (Å²) in [4.78, 5) is 76.3. The number of aromatic amines is 1. The maximum Gasteiger partial charge on any atom is 0.352 e. The maximum atomic E-state index is 13.4. The van der Waals surface area contributed by atoms with Crippen LogP contribution in [0.25, 0.3) is 0 Å². The van der Waals surface area contributed by atoms with Crippen molar-refractivity contribution in [3.8, 4) is 0 Å². The van der Waals surface area contributed by atoms with Gasteiger partial charge in [-0.2, -0.15) is 0 Å². The summed E-state index contributed by atoms with van der Waals surface area (Å²) in [6.45, 7) is -0.557. The molecular weight excluding hydrogens is 590 g/mol. The van der Waals surface area contributed by atoms with Crippen molar-refractivity contribution in [2.75, 3.05) is 11.5 Å². The molecule has 1 aromatic carbocycles. The number of aryl methyl sites for hydroxylation is 1. The Labute approximate surface area is 244 Å². The molecule has 3 atom stereocenters. The summed E-state index contributed by atoms with van der Waals surface area (Å²) in [6, 6.07) is 8.01. The van der Waals surface area contributed by atoms with Crippen LogP contribution in [-0.4, -0.2) is 86.6 Å². The van der Waals surface area contributed by atoms with Crippen LogP contribution in [-0.2, 0) is 32.8 Å². The van der Waals surface area contributed by atoms with Crippen molar-refractivity contribution < 1.29 is 24.3 Å². The number of β-lactam (4-membered cyclic amide) rings is 1. The molecule has 1 saturated heterocycles. The number of carboxylic acids is 1. The van der Waals surface area contributed by atoms with E-state index in [0.717, 1.165) is 21.7 Å². The molecule has 4 heterocycles. The van der Waals surface area contributed by atoms with Gasteiger partial charge in [-0.05, 0) is 21.6 Å². The largest absolute Gasteiger partial charge is 0.477 e. The van der Waals surface area contributed by atoms with Crippen LogP contribution in [0.4, 0.5) is 0 Å². The summed E-state index contributed by atoms with van der Waals surface area (Å²) in [7, 11) is 1.65. The maximum absolute atomic E-state index is 13.4. The number of carbonyl (C=O) groups is 4. The van der Waals surface area contributed by atoms with Gasteiger partial charge in [0.25, 0.3) is 17.0 Å². The van der Waals surface area contributed by atoms with Gasteiger partial charge in [0.15, 0.2) is 0 Å². The lowest BCUT2D eigenvalue weighted by molar-refractivity contribution is -0.151. The number of H-pyrrole nitrogens is 1. The standard InChI is InChI=1S/C24H23N9O7S2/c1-31-24(27-29-30-31)42-11-13-10-41-22-18(21(38)33(22)19(13)23(39)40)26-20(37)17(12-5-3-2-4-6-12)25-15(35)9-32-16(36)8-7-14(34)28-32/h2-8,17-18,22H,9-11H2,1H3,(H,25,35)(H,26,37)(H,28,34)(H,39,40)/t17-,18?,22-/m1/s1. The first kappa shape index (κ1) is 28.8. The lowest BCUT2D eigenvalue weighted by atomic mass is 10.0. The van der Waals surface area contributed by atoms with Gasteiger partial charge in [-0.15, -0.1) is 16.9 Å². The Balaban J connectivity index is 1.30. The van der Waals surface area contributed by atoms with E-state index < -0.39 is 58.8 Å². The van der Waals surface area contributed by atoms with Gasteiger partial charge in [0.2, 0.25) is 17.0 Å². The minimum atomic E-state index is -1.27. The molecule has 42 heavy (non-hydrogen) atoms. The number of benzene rings is 1. The van der Waals surface area contributed by atoms with Crippen LogP contribution in [0.2, 0.25) is 0 Å². The molecule has 218 valence electrons. The highest BCUT2D eigenvalue weighted by Gasteiger charge is 2.54. The molecule has 2 aliphatic heterocycles. The van der Waals surface area contributed by atoms with E-state index in [1.54, 1.807) is 37.4 Å². The quantitative estimate of drug-likeness (QED) is 0.151. The molecule has 0 spiro atoms. The van der Waals surface area contributed by atoms with Crippen molar-refractivity contribution in [3.63, 3.8) is 0 Å². The minimum Gasteiger partial charge on any atom is -0.477 e. The number of aliphatic carboxylic acids is 1. The third-order valence-corrected chi connectivity index (χ3v) is 8.83. The van der Waals surface area contributed by atoms with Gasteiger partial charge in [-0.3, -0.25) is 34.0 Å². The first-order chi connectivity index (χ1) is 20.1. The fraction of sp³-hybridized carbons (Fsp3) is 0.292. The predicted molar refractivity (Wildman–Crippen MR) is 148 cm³/mol. The van der Waals surface area contributed by atoms with E-state index in [2.05, 4.69) is 31.3 Å². The molecule has 0 saturated carbocycles. The van der Waals surface area contributed by atoms with Crippen LogP contribution in [0, 0.1) is 0 Å². The molecule has 3 amide bonds. The van der Waals surface area contributed by atoms with E-state index >= 15 is 0 Å². The highest BCUT2D eigenvalue weighted by Crippen LogP contribution is 2.41. The normalized spacial score (nSPS) is 18.6. The van der Waals surface area contributed by atoms with E-state index in [0.29, 0.717) is 22.0 Å². The average molecular weight is 614 g/mol. The number of tetrazole rings is 1. The number of thioether (sulfide) groups is 2. The van der Waals surface area contributed by atoms with Crippen molar-refractivity contribution >= 4 is 47.2 Å². The summed E-state index contributed by atoms with van der Waals surface area (Å²) in [5.74, 6) is -2.79. The summed E-state index contributed by atoms with van der Waals surface area (Å²) >= 11 is 2.54. The van der Waals surface area contributed by atoms with Crippen LogP contribution in [0.5, 0.6) is 0 Å². The van der Waals surface area contributed by atoms with Crippen LogP contribution >= 0.6 is 23.5 Å². The smallest absolute Gasteiger partial charge is 0.352 e. The van der Waals surface area contributed by atoms with Crippen LogP contribution in [0.3, 0.4) is 0 Å². The Morgan fingerprint density at radius 1 is 1.17 bits per heavy atom. The number of aromatic nitrogens is 6. The molecule has 0 bridgehead atoms. The highest BCUT2D eigenvalue weighted by atomic mass is 32.2. The SMILES string of the molecule is Cn1nnnc1SCC1=C(C(=O)O)N2C(=O)C(NC(=O)[C@H](NC(=O)Cn3[nH]c(=O)ccc3=O)c3ccccc3)[C@H]2SC1. The first-order valence-corrected chi connectivity index (χ1v) is 14.4. The summed E-state index contributed by atoms with van der Waals surface area (Å²) in [5.41, 5.74) is -0.431. The second-order valence-electron chi connectivity index (χ2n) is 9.17. The lowest BCUT2D eigenvalue weighted by Gasteiger charge is -2.49. The molecule has 4 N–H and O–H groups in total. The molecular formula is C24H23N9O7S2. The number of amides is 3. The highest BCUT2D eigenvalue weighted by molar-refractivity contribution is 8.01. The van der Waals surface area contributed by atoms with Crippen molar-refractivity contribution in [2.45, 2.75) is 29.2 Å². The second kappa shape index (κ2) is 12.0. The Kier molecular flexibility index (Phi) is 8.25. The molecule has 3 aromatic rings. The Hall–Kier alpha value is -4.71. The molecule has 0 radical (unpaired) electrons. The van der Waals surface area contributed by atoms with Crippen molar-refractivity contribution in [1.29, 1.82) is 0 Å². The molecule has 16 nitrogen and oxygen atoms in total. The zero-order valence-electron chi connectivity index (χ0n) is 21.8. The van der Waals surface area contributed by atoms with Crippen LogP contribution in [0.1, 0.15) is 11.6 Å². The first-order valence-electron chi connectivity index (χ1n) is 12.3. The molecule has 5 rings (SSSR count). The molecule has 18 heteroatoms. The van der Waals surface area contributed by atoms with Gasteiger partial charge in [0.1, 0.15) is 29.7 Å². The van der Waals surface area contributed by atoms with E-state index in [1.165, 1.54) is 28.2 Å². The number of carbonyl (C=O) groups excluding carboxylic acids is 3. The second-order valence-corrected chi connectivity index (χ2v) is 11.2. The van der Waals surface area contributed by atoms with E-state index in [9.17, 15) is 33.9 Å². The zero-order chi connectivity index (χ0) is 30.0. The van der Waals surface area contributed by atoms with Gasteiger partial charge < -0.3 is 15.7 Å². The van der Waals surface area contributed by atoms with Crippen LogP contribution < -0.4 is 21.8 Å². The van der Waals surface area contributed by atoms with E-state index in [-0.39, 0.29) is 11.4 Å². The predicted octanol–water partition coefficient (Wildman–Crippen LogP) is -1.55. The zero-order valence-corrected chi connectivity index (χ0v) is 23.4. The van der Waals surface area contributed by atoms with Crippen molar-refractivity contribution in [2.24, 2.45) is 7.05 Å². The lowest BCUT2D eigenvalue weighted by Crippen LogP contribution is -2.71. The van der Waals surface area contributed by atoms with E-state index in [1.807, 2.05) is 0 Å². The fourth-order valence-electron chi connectivity index (χ4n) is 4.40. The Morgan fingerprint density at radius 2 is 1.93 bits per heavy atom. The van der Waals surface area contributed by atoms with Gasteiger partial charge >= 0.3 is 5.97 Å². The fourth-order valence-corrected chi connectivity index (χ4v) is 6.74. The topological polar surface area (TPSA) is 214 Å². The molecule has 2 aromatic heterocycles. The summed E-state index contributed by atoms with van der Waals surface area (Å²) < 4.78 is 2.25. The number of carboxylic acid groups (broad SMARTS) is 1. The average Bonchev–Trinajstić information content (AvgIpc) is 3.39. The number of fused-ring (bicyclic) bond motifs is 1.